The second-order valence-electron chi connectivity index (χ2n) is 7.61. The summed E-state index contributed by atoms with van der Waals surface area (Å²) in [7, 11) is 1.48. The number of carbonyl (C=O) groups excluding carboxylic acids is 1. The third kappa shape index (κ3) is 4.23. The number of fused-ring (bicyclic) bond motifs is 3. The van der Waals surface area contributed by atoms with Gasteiger partial charge >= 0.3 is 12.1 Å². The van der Waals surface area contributed by atoms with Crippen LogP contribution in [0.25, 0.3) is 5.69 Å². The van der Waals surface area contributed by atoms with Gasteiger partial charge in [0.15, 0.2) is 5.82 Å². The molecule has 11 heteroatoms. The van der Waals surface area contributed by atoms with Crippen LogP contribution < -0.4 is 4.74 Å². The highest BCUT2D eigenvalue weighted by Gasteiger charge is 2.43. The molecule has 0 unspecified atom stereocenters. The molecule has 2 atom stereocenters. The van der Waals surface area contributed by atoms with Gasteiger partial charge in [0.2, 0.25) is 5.82 Å². The first-order valence-corrected chi connectivity index (χ1v) is 10.4. The van der Waals surface area contributed by atoms with E-state index in [0.717, 1.165) is 16.7 Å². The van der Waals surface area contributed by atoms with Crippen LogP contribution in [0.1, 0.15) is 53.9 Å². The van der Waals surface area contributed by atoms with Gasteiger partial charge in [-0.2, -0.15) is 13.2 Å². The fourth-order valence-corrected chi connectivity index (χ4v) is 4.05. The van der Waals surface area contributed by atoms with Crippen molar-refractivity contribution in [3.05, 3.63) is 70.6 Å². The summed E-state index contributed by atoms with van der Waals surface area (Å²) in [6.45, 7) is 3.44. The van der Waals surface area contributed by atoms with Gasteiger partial charge < -0.3 is 14.2 Å². The Morgan fingerprint density at radius 3 is 2.62 bits per heavy atom. The van der Waals surface area contributed by atoms with Crippen molar-refractivity contribution in [3.63, 3.8) is 0 Å². The van der Waals surface area contributed by atoms with Crippen LogP contribution in [0, 0.1) is 12.7 Å². The summed E-state index contributed by atoms with van der Waals surface area (Å²) in [5.41, 5.74) is 1.29. The lowest BCUT2D eigenvalue weighted by Crippen LogP contribution is -2.18. The summed E-state index contributed by atoms with van der Waals surface area (Å²) in [5, 5.41) is 7.05. The van der Waals surface area contributed by atoms with Gasteiger partial charge in [-0.3, -0.25) is 9.36 Å². The maximum Gasteiger partial charge on any atom is 0.452 e. The Bertz CT molecular complexity index is 1230. The first-order valence-electron chi connectivity index (χ1n) is 10.4. The van der Waals surface area contributed by atoms with Crippen LogP contribution in [0.2, 0.25) is 0 Å². The van der Waals surface area contributed by atoms with E-state index in [4.69, 9.17) is 14.2 Å². The molecular formula is C23H21F4N3O4. The van der Waals surface area contributed by atoms with Crippen molar-refractivity contribution in [2.24, 2.45) is 0 Å². The minimum absolute atomic E-state index is 0.00713. The SMILES string of the molecule is CCOC(=O)C[C@H]1O[C@H](c2cccc(OC)c2C)c2cc(F)ccc2-n2c1nnc2C(F)(F)F. The second kappa shape index (κ2) is 9.05. The Labute approximate surface area is 192 Å². The molecule has 1 aliphatic rings. The molecular weight excluding hydrogens is 458 g/mol. The van der Waals surface area contributed by atoms with Crippen LogP contribution in [0.4, 0.5) is 17.6 Å². The lowest BCUT2D eigenvalue weighted by atomic mass is 9.95. The van der Waals surface area contributed by atoms with Crippen molar-refractivity contribution in [1.29, 1.82) is 0 Å². The molecule has 4 rings (SSSR count). The van der Waals surface area contributed by atoms with Crippen molar-refractivity contribution in [3.8, 4) is 11.4 Å². The number of alkyl halides is 3. The summed E-state index contributed by atoms with van der Waals surface area (Å²) >= 11 is 0. The van der Waals surface area contributed by atoms with E-state index >= 15 is 0 Å². The van der Waals surface area contributed by atoms with Gasteiger partial charge in [-0.1, -0.05) is 12.1 Å². The molecule has 1 aliphatic heterocycles. The molecule has 0 spiro atoms. The van der Waals surface area contributed by atoms with E-state index in [-0.39, 0.29) is 23.7 Å². The molecule has 34 heavy (non-hydrogen) atoms. The standard InChI is InChI=1S/C23H21F4N3O4/c1-4-33-19(31)11-18-21-28-29-22(23(25,26)27)30(21)16-9-8-13(24)10-15(16)20(34-18)14-6-5-7-17(32-3)12(14)2/h5-10,18,20H,4,11H2,1-3H3/t18-,20-/m1/s1. The van der Waals surface area contributed by atoms with Crippen LogP contribution in [0.3, 0.4) is 0 Å². The Morgan fingerprint density at radius 1 is 1.18 bits per heavy atom. The predicted octanol–water partition coefficient (Wildman–Crippen LogP) is 4.86. The number of hydrogen-bond acceptors (Lipinski definition) is 6. The number of nitrogens with zero attached hydrogens (tertiary/aromatic N) is 3. The van der Waals surface area contributed by atoms with E-state index in [0.29, 0.717) is 16.9 Å². The van der Waals surface area contributed by atoms with E-state index in [1.807, 2.05) is 0 Å². The second-order valence-corrected chi connectivity index (χ2v) is 7.61. The van der Waals surface area contributed by atoms with Crippen molar-refractivity contribution < 1.29 is 36.6 Å². The number of methoxy groups -OCH3 is 1. The summed E-state index contributed by atoms with van der Waals surface area (Å²) in [5.74, 6) is -2.39. The highest BCUT2D eigenvalue weighted by atomic mass is 19.4. The quantitative estimate of drug-likeness (QED) is 0.385. The van der Waals surface area contributed by atoms with Gasteiger partial charge in [0.1, 0.15) is 23.8 Å². The van der Waals surface area contributed by atoms with Crippen molar-refractivity contribution >= 4 is 5.97 Å². The molecule has 1 aromatic heterocycles. The zero-order chi connectivity index (χ0) is 24.6. The Balaban J connectivity index is 1.98. The van der Waals surface area contributed by atoms with Gasteiger partial charge in [0, 0.05) is 5.56 Å². The average Bonchev–Trinajstić information content (AvgIpc) is 3.18. The third-order valence-corrected chi connectivity index (χ3v) is 5.53. The number of rotatable bonds is 5. The zero-order valence-corrected chi connectivity index (χ0v) is 18.5. The number of aromatic nitrogens is 3. The molecule has 0 radical (unpaired) electrons. The molecule has 2 aromatic carbocycles. The van der Waals surface area contributed by atoms with Crippen LogP contribution in [0.5, 0.6) is 5.75 Å². The molecule has 0 fully saturated rings. The first-order chi connectivity index (χ1) is 16.2. The van der Waals surface area contributed by atoms with E-state index in [1.54, 1.807) is 32.0 Å². The third-order valence-electron chi connectivity index (χ3n) is 5.53. The summed E-state index contributed by atoms with van der Waals surface area (Å²) in [6.07, 6.45) is -7.58. The monoisotopic (exact) mass is 479 g/mol. The van der Waals surface area contributed by atoms with E-state index in [1.165, 1.54) is 13.2 Å². The maximum absolute atomic E-state index is 14.4. The molecule has 3 aromatic rings. The van der Waals surface area contributed by atoms with E-state index in [9.17, 15) is 22.4 Å². The smallest absolute Gasteiger partial charge is 0.452 e. The minimum Gasteiger partial charge on any atom is -0.496 e. The number of benzene rings is 2. The molecule has 0 bridgehead atoms. The molecule has 0 amide bonds. The van der Waals surface area contributed by atoms with Crippen molar-refractivity contribution in [1.82, 2.24) is 14.8 Å². The van der Waals surface area contributed by atoms with Crippen LogP contribution in [0.15, 0.2) is 36.4 Å². The van der Waals surface area contributed by atoms with Gasteiger partial charge in [-0.05, 0) is 49.2 Å². The lowest BCUT2D eigenvalue weighted by molar-refractivity contribution is -0.147. The fraction of sp³-hybridized carbons (Fsp3) is 0.348. The topological polar surface area (TPSA) is 75.5 Å². The van der Waals surface area contributed by atoms with Crippen molar-refractivity contribution in [2.75, 3.05) is 13.7 Å². The van der Waals surface area contributed by atoms with Crippen molar-refractivity contribution in [2.45, 2.75) is 38.7 Å². The number of halogens is 4. The zero-order valence-electron chi connectivity index (χ0n) is 18.5. The molecule has 7 nitrogen and oxygen atoms in total. The van der Waals surface area contributed by atoms with Gasteiger partial charge in [0.05, 0.1) is 25.8 Å². The number of carbonyl (C=O) groups is 1. The van der Waals surface area contributed by atoms with Crippen LogP contribution in [-0.2, 0) is 20.4 Å². The molecule has 0 saturated carbocycles. The Morgan fingerprint density at radius 2 is 1.94 bits per heavy atom. The molecule has 0 saturated heterocycles. The van der Waals surface area contributed by atoms with Gasteiger partial charge in [0.25, 0.3) is 0 Å². The summed E-state index contributed by atoms with van der Waals surface area (Å²) in [4.78, 5) is 12.3. The highest BCUT2D eigenvalue weighted by Crippen LogP contribution is 2.44. The highest BCUT2D eigenvalue weighted by molar-refractivity contribution is 5.70. The molecule has 0 N–H and O–H groups in total. The maximum atomic E-state index is 14.4. The van der Waals surface area contributed by atoms with E-state index < -0.39 is 42.4 Å². The number of esters is 1. The Kier molecular flexibility index (Phi) is 6.30. The summed E-state index contributed by atoms with van der Waals surface area (Å²) < 4.78 is 73.3. The average molecular weight is 479 g/mol. The molecule has 2 heterocycles. The number of hydrogen-bond donors (Lipinski definition) is 0. The first kappa shape index (κ1) is 23.7. The lowest BCUT2D eigenvalue weighted by Gasteiger charge is -2.24. The normalized spacial score (nSPS) is 17.5. The molecule has 0 aliphatic carbocycles. The predicted molar refractivity (Wildman–Crippen MR) is 111 cm³/mol. The minimum atomic E-state index is -4.86. The number of ether oxygens (including phenoxy) is 3. The van der Waals surface area contributed by atoms with Gasteiger partial charge in [-0.15, -0.1) is 10.2 Å². The van der Waals surface area contributed by atoms with Gasteiger partial charge in [-0.25, -0.2) is 4.39 Å². The van der Waals surface area contributed by atoms with Crippen LogP contribution >= 0.6 is 0 Å². The largest absolute Gasteiger partial charge is 0.496 e. The van der Waals surface area contributed by atoms with E-state index in [2.05, 4.69) is 10.2 Å². The van der Waals surface area contributed by atoms with Crippen LogP contribution in [-0.4, -0.2) is 34.5 Å². The summed E-state index contributed by atoms with van der Waals surface area (Å²) in [6, 6.07) is 8.48. The fourth-order valence-electron chi connectivity index (χ4n) is 4.05. The Hall–Kier alpha value is -3.47. The molecule has 180 valence electrons.